The first-order chi connectivity index (χ1) is 11.7. The van der Waals surface area contributed by atoms with Crippen molar-refractivity contribution < 1.29 is 32.3 Å². The van der Waals surface area contributed by atoms with Crippen molar-refractivity contribution in [1.29, 1.82) is 0 Å². The summed E-state index contributed by atoms with van der Waals surface area (Å²) in [6.07, 6.45) is 3.15. The van der Waals surface area contributed by atoms with Gasteiger partial charge in [-0.15, -0.1) is 0 Å². The maximum absolute atomic E-state index is 12.7. The van der Waals surface area contributed by atoms with E-state index >= 15 is 0 Å². The largest absolute Gasteiger partial charge is 0.484 e. The molecule has 7 nitrogen and oxygen atoms in total. The zero-order chi connectivity index (χ0) is 18.8. The smallest absolute Gasteiger partial charge is 0.302 e. The van der Waals surface area contributed by atoms with Gasteiger partial charge in [-0.05, 0) is 59.1 Å². The summed E-state index contributed by atoms with van der Waals surface area (Å²) in [7, 11) is -9.39. The van der Waals surface area contributed by atoms with E-state index in [4.69, 9.17) is 18.8 Å². The van der Waals surface area contributed by atoms with E-state index in [0.717, 1.165) is 59.1 Å². The highest BCUT2D eigenvalue weighted by molar-refractivity contribution is 7.61. The molecule has 0 amide bonds. The van der Waals surface area contributed by atoms with Crippen LogP contribution in [0.25, 0.3) is 0 Å². The minimum atomic E-state index is -5.01. The average Bonchev–Trinajstić information content (AvgIpc) is 2.63. The molecule has 0 atom stereocenters. The van der Waals surface area contributed by atoms with Gasteiger partial charge in [0.15, 0.2) is 0 Å². The highest BCUT2D eigenvalue weighted by Crippen LogP contribution is 2.62. The molecule has 0 saturated carbocycles. The molecule has 0 saturated heterocycles. The van der Waals surface area contributed by atoms with Gasteiger partial charge in [0.05, 0.1) is 13.2 Å². The minimum Gasteiger partial charge on any atom is -0.302 e. The number of phosphoric ester groups is 1. The maximum atomic E-state index is 12.7. The van der Waals surface area contributed by atoms with Gasteiger partial charge >= 0.3 is 15.6 Å². The number of benzene rings is 1. The molecule has 1 aromatic rings. The van der Waals surface area contributed by atoms with Crippen LogP contribution in [-0.2, 0) is 61.4 Å². The summed E-state index contributed by atoms with van der Waals surface area (Å²) in [6.45, 7) is 8.08. The highest BCUT2D eigenvalue weighted by Gasteiger charge is 2.38. The lowest BCUT2D eigenvalue weighted by molar-refractivity contribution is 0.130. The molecule has 0 fully saturated rings. The van der Waals surface area contributed by atoms with Gasteiger partial charge in [0.1, 0.15) is 0 Å². The SMILES string of the molecule is CCc1c(CC)c2c(CC)c(CC)c1COP(=O)(OP(=O)(O)O)OC2. The molecule has 2 aliphatic heterocycles. The molecule has 0 spiro atoms. The average molecular weight is 392 g/mol. The van der Waals surface area contributed by atoms with Crippen molar-refractivity contribution in [2.24, 2.45) is 0 Å². The maximum Gasteiger partial charge on any atom is 0.484 e. The summed E-state index contributed by atoms with van der Waals surface area (Å²) in [4.78, 5) is 18.1. The molecule has 3 rings (SSSR count). The molecule has 0 aromatic heterocycles. The van der Waals surface area contributed by atoms with E-state index in [0.29, 0.717) is 0 Å². The van der Waals surface area contributed by atoms with E-state index in [9.17, 15) is 9.13 Å². The molecule has 142 valence electrons. The molecule has 1 aromatic carbocycles. The highest BCUT2D eigenvalue weighted by atomic mass is 31.3. The molecule has 0 radical (unpaired) electrons. The van der Waals surface area contributed by atoms with Crippen LogP contribution >= 0.6 is 15.6 Å². The van der Waals surface area contributed by atoms with Crippen LogP contribution < -0.4 is 0 Å². The van der Waals surface area contributed by atoms with Gasteiger partial charge in [0.25, 0.3) is 0 Å². The lowest BCUT2D eigenvalue weighted by atomic mass is 9.83. The van der Waals surface area contributed by atoms with Gasteiger partial charge < -0.3 is 9.79 Å². The van der Waals surface area contributed by atoms with Crippen molar-refractivity contribution in [2.45, 2.75) is 66.6 Å². The quantitative estimate of drug-likeness (QED) is 0.700. The van der Waals surface area contributed by atoms with Crippen LogP contribution in [0.15, 0.2) is 0 Å². The molecule has 2 heterocycles. The van der Waals surface area contributed by atoms with Gasteiger partial charge in [-0.3, -0.25) is 9.05 Å². The van der Waals surface area contributed by atoms with E-state index in [1.165, 1.54) is 0 Å². The van der Waals surface area contributed by atoms with Gasteiger partial charge in [-0.25, -0.2) is 9.13 Å². The second kappa shape index (κ2) is 8.01. The van der Waals surface area contributed by atoms with Crippen LogP contribution in [0.3, 0.4) is 0 Å². The molecular weight excluding hydrogens is 366 g/mol. The van der Waals surface area contributed by atoms with Gasteiger partial charge in [0.2, 0.25) is 0 Å². The number of hydrogen-bond donors (Lipinski definition) is 2. The molecule has 9 heteroatoms. The first-order valence-corrected chi connectivity index (χ1v) is 11.5. The van der Waals surface area contributed by atoms with Gasteiger partial charge in [0, 0.05) is 0 Å². The first-order valence-electron chi connectivity index (χ1n) is 8.52. The molecule has 2 bridgehead atoms. The Morgan fingerprint density at radius 3 is 1.44 bits per heavy atom. The third kappa shape index (κ3) is 4.42. The van der Waals surface area contributed by atoms with Crippen molar-refractivity contribution >= 4 is 15.6 Å². The lowest BCUT2D eigenvalue weighted by Crippen LogP contribution is -2.12. The minimum absolute atomic E-state index is 0.0656. The molecular formula is C16H26O7P2. The summed E-state index contributed by atoms with van der Waals surface area (Å²) in [5.74, 6) is 0. The molecule has 0 unspecified atom stereocenters. The van der Waals surface area contributed by atoms with E-state index in [2.05, 4.69) is 32.0 Å². The molecule has 2 aliphatic rings. The van der Waals surface area contributed by atoms with E-state index in [1.54, 1.807) is 0 Å². The summed E-state index contributed by atoms with van der Waals surface area (Å²) in [6, 6.07) is 0. The summed E-state index contributed by atoms with van der Waals surface area (Å²) < 4.78 is 38.8. The first kappa shape index (κ1) is 20.8. The topological polar surface area (TPSA) is 102 Å². The van der Waals surface area contributed by atoms with Crippen LogP contribution in [0.1, 0.15) is 61.1 Å². The van der Waals surface area contributed by atoms with Crippen LogP contribution in [0, 0.1) is 0 Å². The van der Waals surface area contributed by atoms with E-state index in [-0.39, 0.29) is 13.2 Å². The van der Waals surface area contributed by atoms with Gasteiger partial charge in [-0.1, -0.05) is 27.7 Å². The lowest BCUT2D eigenvalue weighted by Gasteiger charge is -2.23. The number of hydrogen-bond acceptors (Lipinski definition) is 5. The Labute approximate surface area is 148 Å². The summed E-state index contributed by atoms with van der Waals surface area (Å²) in [5.41, 5.74) is 6.42. The number of rotatable bonds is 6. The zero-order valence-corrected chi connectivity index (χ0v) is 16.9. The predicted octanol–water partition coefficient (Wildman–Crippen LogP) is 4.20. The fourth-order valence-electron chi connectivity index (χ4n) is 3.65. The summed E-state index contributed by atoms with van der Waals surface area (Å²) in [5, 5.41) is 0. The van der Waals surface area contributed by atoms with Crippen molar-refractivity contribution in [1.82, 2.24) is 0 Å². The Kier molecular flexibility index (Phi) is 6.66. The normalized spacial score (nSPS) is 17.2. The van der Waals surface area contributed by atoms with E-state index < -0.39 is 15.6 Å². The molecule has 0 aliphatic carbocycles. The van der Waals surface area contributed by atoms with Crippen LogP contribution in [0.4, 0.5) is 0 Å². The standard InChI is InChI=1S/C16H26O7P2/c1-5-11-12(6-2)16-10-22-25(20,23-24(17,18)19)21-9-15(11)13(7-3)14(16)8-4/h5-10H2,1-4H3,(H2,17,18,19). The Balaban J connectivity index is 2.65. The number of fused-ring (bicyclic) bond motifs is 6. The third-order valence-electron chi connectivity index (χ3n) is 4.54. The van der Waals surface area contributed by atoms with Crippen molar-refractivity contribution in [3.8, 4) is 0 Å². The Hall–Kier alpha value is -0.520. The second-order valence-electron chi connectivity index (χ2n) is 5.85. The fraction of sp³-hybridized carbons (Fsp3) is 0.625. The monoisotopic (exact) mass is 392 g/mol. The van der Waals surface area contributed by atoms with Crippen molar-refractivity contribution in [3.63, 3.8) is 0 Å². The predicted molar refractivity (Wildman–Crippen MR) is 94.3 cm³/mol. The Bertz CT molecular complexity index is 658. The van der Waals surface area contributed by atoms with E-state index in [1.807, 2.05) is 0 Å². The zero-order valence-electron chi connectivity index (χ0n) is 15.1. The van der Waals surface area contributed by atoms with Crippen LogP contribution in [0.5, 0.6) is 0 Å². The second-order valence-corrected chi connectivity index (χ2v) is 8.90. The van der Waals surface area contributed by atoms with Crippen LogP contribution in [0.2, 0.25) is 0 Å². The van der Waals surface area contributed by atoms with Crippen molar-refractivity contribution in [3.05, 3.63) is 33.4 Å². The van der Waals surface area contributed by atoms with Crippen molar-refractivity contribution in [2.75, 3.05) is 0 Å². The Morgan fingerprint density at radius 1 is 0.880 bits per heavy atom. The molecule has 25 heavy (non-hydrogen) atoms. The third-order valence-corrected chi connectivity index (χ3v) is 7.08. The molecule has 2 N–H and O–H groups in total. The number of phosphoric acid groups is 2. The van der Waals surface area contributed by atoms with Gasteiger partial charge in [-0.2, -0.15) is 4.31 Å². The fourth-order valence-corrected chi connectivity index (χ4v) is 5.72. The summed E-state index contributed by atoms with van der Waals surface area (Å²) >= 11 is 0. The Morgan fingerprint density at radius 2 is 1.20 bits per heavy atom. The van der Waals surface area contributed by atoms with Crippen LogP contribution in [-0.4, -0.2) is 9.79 Å².